The quantitative estimate of drug-likeness (QED) is 0.495. The number of benzene rings is 3. The van der Waals surface area contributed by atoms with Crippen molar-refractivity contribution in [2.24, 2.45) is 0 Å². The number of nitrogens with one attached hydrogen (secondary N) is 1. The molecule has 0 radical (unpaired) electrons. The van der Waals surface area contributed by atoms with Crippen LogP contribution in [-0.4, -0.2) is 16.0 Å². The number of rotatable bonds is 3. The number of phenolic OH excluding ortho intramolecular Hbond substituents is 1. The second kappa shape index (κ2) is 6.54. The molecule has 0 spiro atoms. The molecule has 1 amide bonds. The first-order valence-electron chi connectivity index (χ1n) is 7.86. The highest BCUT2D eigenvalue weighted by atomic mass is 35.5. The third kappa shape index (κ3) is 3.12. The summed E-state index contributed by atoms with van der Waals surface area (Å²) in [5, 5.41) is 13.5. The van der Waals surface area contributed by atoms with E-state index in [1.165, 1.54) is 6.07 Å². The van der Waals surface area contributed by atoms with Crippen LogP contribution in [0.5, 0.6) is 5.75 Å². The number of carbonyl (C=O) groups excluding carboxylic acids is 1. The van der Waals surface area contributed by atoms with Gasteiger partial charge in [-0.25, -0.2) is 4.98 Å². The van der Waals surface area contributed by atoms with Gasteiger partial charge in [0, 0.05) is 16.3 Å². The maximum atomic E-state index is 12.3. The lowest BCUT2D eigenvalue weighted by Gasteiger charge is -2.08. The van der Waals surface area contributed by atoms with Gasteiger partial charge >= 0.3 is 0 Å². The maximum absolute atomic E-state index is 12.3. The first kappa shape index (κ1) is 16.2. The van der Waals surface area contributed by atoms with Crippen LogP contribution in [-0.2, 0) is 0 Å². The van der Waals surface area contributed by atoms with E-state index in [1.54, 1.807) is 42.5 Å². The molecular weight excluding hydrogens is 352 g/mol. The van der Waals surface area contributed by atoms with Crippen molar-refractivity contribution >= 4 is 34.3 Å². The molecule has 0 atom stereocenters. The molecule has 4 aromatic rings. The Balaban J connectivity index is 1.65. The lowest BCUT2D eigenvalue weighted by molar-refractivity contribution is 0.102. The summed E-state index contributed by atoms with van der Waals surface area (Å²) in [6, 6.07) is 18.6. The van der Waals surface area contributed by atoms with Crippen molar-refractivity contribution < 1.29 is 14.3 Å². The van der Waals surface area contributed by atoms with E-state index in [-0.39, 0.29) is 17.5 Å². The largest absolute Gasteiger partial charge is 0.507 e. The van der Waals surface area contributed by atoms with Gasteiger partial charge in [0.1, 0.15) is 11.3 Å². The van der Waals surface area contributed by atoms with Crippen LogP contribution in [0.4, 0.5) is 5.69 Å². The highest BCUT2D eigenvalue weighted by Gasteiger charge is 2.14. The number of phenols is 1. The fourth-order valence-corrected chi connectivity index (χ4v) is 2.70. The van der Waals surface area contributed by atoms with Gasteiger partial charge in [-0.15, -0.1) is 0 Å². The summed E-state index contributed by atoms with van der Waals surface area (Å²) in [6.07, 6.45) is 0. The Bertz CT molecular complexity index is 1070. The fourth-order valence-electron chi connectivity index (χ4n) is 2.58. The molecule has 128 valence electrons. The van der Waals surface area contributed by atoms with E-state index in [9.17, 15) is 9.90 Å². The summed E-state index contributed by atoms with van der Waals surface area (Å²) in [6.45, 7) is 0. The average molecular weight is 365 g/mol. The zero-order valence-corrected chi connectivity index (χ0v) is 14.2. The Morgan fingerprint density at radius 2 is 1.81 bits per heavy atom. The van der Waals surface area contributed by atoms with Gasteiger partial charge in [-0.1, -0.05) is 23.7 Å². The van der Waals surface area contributed by atoms with E-state index in [1.807, 2.05) is 18.2 Å². The van der Waals surface area contributed by atoms with Gasteiger partial charge in [0.05, 0.1) is 5.56 Å². The smallest absolute Gasteiger partial charge is 0.255 e. The molecule has 0 fully saturated rings. The van der Waals surface area contributed by atoms with Crippen molar-refractivity contribution in [3.8, 4) is 17.2 Å². The Hall–Kier alpha value is -3.31. The predicted octanol–water partition coefficient (Wildman–Crippen LogP) is 5.11. The normalized spacial score (nSPS) is 10.8. The highest BCUT2D eigenvalue weighted by molar-refractivity contribution is 6.30. The number of carbonyl (C=O) groups is 1. The average Bonchev–Trinajstić information content (AvgIpc) is 3.07. The standard InChI is InChI=1S/C20H13ClN2O3/c21-13-7-5-12(6-8-13)19(25)22-14-9-10-17(24)15(11-14)20-23-16-3-1-2-4-18(16)26-20/h1-11,24H,(H,22,25). The molecule has 0 aliphatic rings. The molecule has 1 aromatic heterocycles. The molecule has 0 bridgehead atoms. The van der Waals surface area contributed by atoms with Crippen LogP contribution in [0.1, 0.15) is 10.4 Å². The molecule has 0 saturated heterocycles. The number of hydrogen-bond acceptors (Lipinski definition) is 4. The minimum atomic E-state index is -0.282. The van der Waals surface area contributed by atoms with Crippen molar-refractivity contribution in [1.29, 1.82) is 0 Å². The van der Waals surface area contributed by atoms with Crippen molar-refractivity contribution in [3.05, 3.63) is 77.3 Å². The second-order valence-electron chi connectivity index (χ2n) is 5.68. The van der Waals surface area contributed by atoms with Gasteiger partial charge in [-0.3, -0.25) is 4.79 Å². The van der Waals surface area contributed by atoms with E-state index >= 15 is 0 Å². The molecule has 26 heavy (non-hydrogen) atoms. The van der Waals surface area contributed by atoms with Gasteiger partial charge in [0.25, 0.3) is 5.91 Å². The second-order valence-corrected chi connectivity index (χ2v) is 6.12. The number of aromatic nitrogens is 1. The molecule has 6 heteroatoms. The van der Waals surface area contributed by atoms with E-state index in [0.29, 0.717) is 32.9 Å². The van der Waals surface area contributed by atoms with Crippen LogP contribution in [0.3, 0.4) is 0 Å². The number of nitrogens with zero attached hydrogens (tertiary/aromatic N) is 1. The van der Waals surface area contributed by atoms with Gasteiger partial charge in [0.2, 0.25) is 5.89 Å². The number of aromatic hydroxyl groups is 1. The van der Waals surface area contributed by atoms with Crippen LogP contribution >= 0.6 is 11.6 Å². The summed E-state index contributed by atoms with van der Waals surface area (Å²) in [5.74, 6) is 0.0169. The third-order valence-corrected chi connectivity index (χ3v) is 4.14. The number of halogens is 1. The zero-order chi connectivity index (χ0) is 18.1. The van der Waals surface area contributed by atoms with Crippen LogP contribution in [0, 0.1) is 0 Å². The topological polar surface area (TPSA) is 75.4 Å². The molecular formula is C20H13ClN2O3. The van der Waals surface area contributed by atoms with Gasteiger partial charge < -0.3 is 14.8 Å². The molecule has 1 heterocycles. The fraction of sp³-hybridized carbons (Fsp3) is 0. The minimum absolute atomic E-state index is 0.0149. The van der Waals surface area contributed by atoms with Crippen LogP contribution < -0.4 is 5.32 Å². The van der Waals surface area contributed by atoms with Crippen molar-refractivity contribution in [3.63, 3.8) is 0 Å². The summed E-state index contributed by atoms with van der Waals surface area (Å²) < 4.78 is 5.69. The Labute approximate surface area is 153 Å². The van der Waals surface area contributed by atoms with Gasteiger partial charge in [0.15, 0.2) is 5.58 Å². The van der Waals surface area contributed by atoms with Crippen molar-refractivity contribution in [2.75, 3.05) is 5.32 Å². The number of fused-ring (bicyclic) bond motifs is 1. The maximum Gasteiger partial charge on any atom is 0.255 e. The Morgan fingerprint density at radius 3 is 2.58 bits per heavy atom. The summed E-state index contributed by atoms with van der Waals surface area (Å²) in [7, 11) is 0. The first-order chi connectivity index (χ1) is 12.6. The van der Waals surface area contributed by atoms with E-state index in [2.05, 4.69) is 10.3 Å². The number of para-hydroxylation sites is 2. The summed E-state index contributed by atoms with van der Waals surface area (Å²) in [4.78, 5) is 16.7. The first-order valence-corrected chi connectivity index (χ1v) is 8.24. The third-order valence-electron chi connectivity index (χ3n) is 3.89. The van der Waals surface area contributed by atoms with E-state index in [0.717, 1.165) is 0 Å². The Morgan fingerprint density at radius 1 is 1.04 bits per heavy atom. The Kier molecular flexibility index (Phi) is 4.07. The van der Waals surface area contributed by atoms with Crippen molar-refractivity contribution in [1.82, 2.24) is 4.98 Å². The minimum Gasteiger partial charge on any atom is -0.507 e. The molecule has 0 aliphatic carbocycles. The highest BCUT2D eigenvalue weighted by Crippen LogP contribution is 2.33. The molecule has 0 aliphatic heterocycles. The number of amides is 1. The van der Waals surface area contributed by atoms with Crippen LogP contribution in [0.2, 0.25) is 5.02 Å². The zero-order valence-electron chi connectivity index (χ0n) is 13.4. The van der Waals surface area contributed by atoms with Crippen LogP contribution in [0.15, 0.2) is 71.1 Å². The molecule has 0 saturated carbocycles. The SMILES string of the molecule is O=C(Nc1ccc(O)c(-c2nc3ccccc3o2)c1)c1ccc(Cl)cc1. The molecule has 5 nitrogen and oxygen atoms in total. The summed E-state index contributed by atoms with van der Waals surface area (Å²) in [5.41, 5.74) is 2.70. The van der Waals surface area contributed by atoms with Gasteiger partial charge in [-0.2, -0.15) is 0 Å². The van der Waals surface area contributed by atoms with Crippen molar-refractivity contribution in [2.45, 2.75) is 0 Å². The lowest BCUT2D eigenvalue weighted by atomic mass is 10.1. The predicted molar refractivity (Wildman–Crippen MR) is 101 cm³/mol. The number of oxazole rings is 1. The summed E-state index contributed by atoms with van der Waals surface area (Å²) >= 11 is 5.84. The van der Waals surface area contributed by atoms with Crippen LogP contribution in [0.25, 0.3) is 22.6 Å². The van der Waals surface area contributed by atoms with E-state index in [4.69, 9.17) is 16.0 Å². The number of hydrogen-bond donors (Lipinski definition) is 2. The molecule has 3 aromatic carbocycles. The number of anilines is 1. The van der Waals surface area contributed by atoms with Gasteiger partial charge in [-0.05, 0) is 54.6 Å². The molecule has 0 unspecified atom stereocenters. The monoisotopic (exact) mass is 364 g/mol. The lowest BCUT2D eigenvalue weighted by Crippen LogP contribution is -2.11. The van der Waals surface area contributed by atoms with E-state index < -0.39 is 0 Å². The molecule has 2 N–H and O–H groups in total. The molecule has 4 rings (SSSR count).